The zero-order valence-electron chi connectivity index (χ0n) is 8.31. The molecule has 0 unspecified atom stereocenters. The lowest BCUT2D eigenvalue weighted by atomic mass is 10.4. The molecule has 2 rings (SSSR count). The van der Waals surface area contributed by atoms with Crippen LogP contribution in [0.5, 0.6) is 0 Å². The largest absolute Gasteiger partial charge is 0.382 e. The summed E-state index contributed by atoms with van der Waals surface area (Å²) in [4.78, 5) is 0. The molecule has 0 atom stereocenters. The maximum atomic E-state index is 5.65. The molecule has 2 aromatic heterocycles. The molecule has 0 saturated carbocycles. The summed E-state index contributed by atoms with van der Waals surface area (Å²) < 4.78 is 3.54. The van der Waals surface area contributed by atoms with Gasteiger partial charge in [0.25, 0.3) is 0 Å². The number of rotatable bonds is 2. The lowest BCUT2D eigenvalue weighted by Gasteiger charge is -1.94. The summed E-state index contributed by atoms with van der Waals surface area (Å²) in [7, 11) is 0. The first kappa shape index (κ1) is 8.80. The van der Waals surface area contributed by atoms with E-state index in [-0.39, 0.29) is 0 Å². The first-order valence-electron chi connectivity index (χ1n) is 4.56. The lowest BCUT2D eigenvalue weighted by Crippen LogP contribution is -2.00. The van der Waals surface area contributed by atoms with Crippen molar-refractivity contribution in [1.82, 2.24) is 19.6 Å². The van der Waals surface area contributed by atoms with Gasteiger partial charge in [-0.15, -0.1) is 5.10 Å². The molecule has 0 aliphatic carbocycles. The van der Waals surface area contributed by atoms with Gasteiger partial charge in [-0.1, -0.05) is 0 Å². The average molecular weight is 191 g/mol. The molecule has 74 valence electrons. The standard InChI is InChI=1S/C9H13N5/c1-3-13-5-4-8(11-13)14-6-7(2)9(10)12-14/h4-6H,3H2,1-2H3,(H2,10,12). The van der Waals surface area contributed by atoms with E-state index in [2.05, 4.69) is 10.2 Å². The first-order chi connectivity index (χ1) is 6.70. The first-order valence-corrected chi connectivity index (χ1v) is 4.56. The number of aryl methyl sites for hydroxylation is 2. The van der Waals surface area contributed by atoms with Crippen molar-refractivity contribution in [3.63, 3.8) is 0 Å². The predicted octanol–water partition coefficient (Wildman–Crippen LogP) is 0.979. The van der Waals surface area contributed by atoms with E-state index in [4.69, 9.17) is 5.73 Å². The van der Waals surface area contributed by atoms with Crippen molar-refractivity contribution in [2.45, 2.75) is 20.4 Å². The molecule has 0 radical (unpaired) electrons. The second kappa shape index (κ2) is 3.17. The van der Waals surface area contributed by atoms with Crippen molar-refractivity contribution in [3.8, 4) is 5.82 Å². The zero-order chi connectivity index (χ0) is 10.1. The molecular formula is C9H13N5. The molecule has 0 amide bonds. The molecule has 5 heteroatoms. The maximum Gasteiger partial charge on any atom is 0.175 e. The Hall–Kier alpha value is -1.78. The molecule has 0 aromatic carbocycles. The maximum absolute atomic E-state index is 5.65. The van der Waals surface area contributed by atoms with E-state index in [1.807, 2.05) is 37.0 Å². The van der Waals surface area contributed by atoms with Gasteiger partial charge in [0.1, 0.15) is 5.82 Å². The highest BCUT2D eigenvalue weighted by molar-refractivity contribution is 5.38. The highest BCUT2D eigenvalue weighted by Gasteiger charge is 2.04. The smallest absolute Gasteiger partial charge is 0.175 e. The van der Waals surface area contributed by atoms with Crippen LogP contribution in [0.2, 0.25) is 0 Å². The van der Waals surface area contributed by atoms with Crippen LogP contribution >= 0.6 is 0 Å². The number of nitrogen functional groups attached to an aromatic ring is 1. The Labute approximate surface area is 82.1 Å². The summed E-state index contributed by atoms with van der Waals surface area (Å²) in [5.74, 6) is 1.35. The van der Waals surface area contributed by atoms with E-state index in [0.29, 0.717) is 5.82 Å². The third kappa shape index (κ3) is 1.37. The van der Waals surface area contributed by atoms with Crippen molar-refractivity contribution in [2.24, 2.45) is 0 Å². The van der Waals surface area contributed by atoms with Crippen LogP contribution in [0.4, 0.5) is 5.82 Å². The summed E-state index contributed by atoms with van der Waals surface area (Å²) in [6.07, 6.45) is 3.79. The van der Waals surface area contributed by atoms with Crippen LogP contribution < -0.4 is 5.73 Å². The number of hydrogen-bond acceptors (Lipinski definition) is 3. The predicted molar refractivity (Wildman–Crippen MR) is 54.2 cm³/mol. The highest BCUT2D eigenvalue weighted by Crippen LogP contribution is 2.10. The monoisotopic (exact) mass is 191 g/mol. The van der Waals surface area contributed by atoms with Gasteiger partial charge in [0, 0.05) is 30.6 Å². The van der Waals surface area contributed by atoms with Crippen LogP contribution in [0, 0.1) is 6.92 Å². The normalized spacial score (nSPS) is 10.7. The van der Waals surface area contributed by atoms with Crippen LogP contribution in [0.25, 0.3) is 5.82 Å². The molecule has 2 aromatic rings. The second-order valence-corrected chi connectivity index (χ2v) is 3.17. The quantitative estimate of drug-likeness (QED) is 0.769. The van der Waals surface area contributed by atoms with E-state index in [1.54, 1.807) is 4.68 Å². The minimum atomic E-state index is 0.552. The minimum absolute atomic E-state index is 0.552. The summed E-state index contributed by atoms with van der Waals surface area (Å²) in [5.41, 5.74) is 6.62. The molecule has 0 saturated heterocycles. The second-order valence-electron chi connectivity index (χ2n) is 3.17. The lowest BCUT2D eigenvalue weighted by molar-refractivity contribution is 0.646. The van der Waals surface area contributed by atoms with E-state index >= 15 is 0 Å². The third-order valence-corrected chi connectivity index (χ3v) is 2.12. The van der Waals surface area contributed by atoms with Crippen molar-refractivity contribution in [3.05, 3.63) is 24.0 Å². The topological polar surface area (TPSA) is 61.7 Å². The van der Waals surface area contributed by atoms with Crippen LogP contribution in [0.1, 0.15) is 12.5 Å². The Morgan fingerprint density at radius 3 is 2.71 bits per heavy atom. The van der Waals surface area contributed by atoms with Gasteiger partial charge in [-0.25, -0.2) is 4.68 Å². The van der Waals surface area contributed by atoms with Crippen molar-refractivity contribution in [2.75, 3.05) is 5.73 Å². The van der Waals surface area contributed by atoms with Gasteiger partial charge >= 0.3 is 0 Å². The SMILES string of the molecule is CCn1ccc(-n2cc(C)c(N)n2)n1. The molecule has 0 spiro atoms. The fourth-order valence-electron chi connectivity index (χ4n) is 1.24. The van der Waals surface area contributed by atoms with Crippen molar-refractivity contribution < 1.29 is 0 Å². The van der Waals surface area contributed by atoms with Crippen molar-refractivity contribution >= 4 is 5.82 Å². The third-order valence-electron chi connectivity index (χ3n) is 2.12. The zero-order valence-corrected chi connectivity index (χ0v) is 8.31. The van der Waals surface area contributed by atoms with Gasteiger partial charge in [0.15, 0.2) is 5.82 Å². The number of hydrogen-bond donors (Lipinski definition) is 1. The number of anilines is 1. The molecular weight excluding hydrogens is 178 g/mol. The van der Waals surface area contributed by atoms with Gasteiger partial charge in [-0.2, -0.15) is 5.10 Å². The van der Waals surface area contributed by atoms with Crippen LogP contribution in [-0.2, 0) is 6.54 Å². The summed E-state index contributed by atoms with van der Waals surface area (Å²) in [6.45, 7) is 4.82. The summed E-state index contributed by atoms with van der Waals surface area (Å²) in [5, 5.41) is 8.46. The van der Waals surface area contributed by atoms with Gasteiger partial charge in [0.2, 0.25) is 0 Å². The molecule has 0 fully saturated rings. The van der Waals surface area contributed by atoms with E-state index < -0.39 is 0 Å². The van der Waals surface area contributed by atoms with Crippen molar-refractivity contribution in [1.29, 1.82) is 0 Å². The number of nitrogens with zero attached hydrogens (tertiary/aromatic N) is 4. The molecule has 0 aliphatic heterocycles. The molecule has 2 heterocycles. The Morgan fingerprint density at radius 1 is 1.43 bits per heavy atom. The Bertz CT molecular complexity index is 420. The van der Waals surface area contributed by atoms with Gasteiger partial charge in [-0.3, -0.25) is 4.68 Å². The number of nitrogens with two attached hydrogens (primary N) is 1. The van der Waals surface area contributed by atoms with Gasteiger partial charge < -0.3 is 5.73 Å². The van der Waals surface area contributed by atoms with Gasteiger partial charge in [-0.05, 0) is 13.8 Å². The Balaban J connectivity index is 2.39. The minimum Gasteiger partial charge on any atom is -0.382 e. The van der Waals surface area contributed by atoms with E-state index in [9.17, 15) is 0 Å². The van der Waals surface area contributed by atoms with E-state index in [1.165, 1.54) is 0 Å². The molecule has 2 N–H and O–H groups in total. The van der Waals surface area contributed by atoms with Crippen LogP contribution in [-0.4, -0.2) is 19.6 Å². The Morgan fingerprint density at radius 2 is 2.21 bits per heavy atom. The molecule has 5 nitrogen and oxygen atoms in total. The molecule has 0 aliphatic rings. The highest BCUT2D eigenvalue weighted by atomic mass is 15.4. The summed E-state index contributed by atoms with van der Waals surface area (Å²) in [6, 6.07) is 1.91. The average Bonchev–Trinajstić information content (AvgIpc) is 2.74. The summed E-state index contributed by atoms with van der Waals surface area (Å²) >= 11 is 0. The van der Waals surface area contributed by atoms with Crippen LogP contribution in [0.3, 0.4) is 0 Å². The molecule has 0 bridgehead atoms. The van der Waals surface area contributed by atoms with Gasteiger partial charge in [0.05, 0.1) is 0 Å². The Kier molecular flexibility index (Phi) is 1.99. The van der Waals surface area contributed by atoms with Crippen LogP contribution in [0.15, 0.2) is 18.5 Å². The van der Waals surface area contributed by atoms with E-state index in [0.717, 1.165) is 17.9 Å². The fourth-order valence-corrected chi connectivity index (χ4v) is 1.24. The number of aromatic nitrogens is 4. The fraction of sp³-hybridized carbons (Fsp3) is 0.333. The molecule has 14 heavy (non-hydrogen) atoms.